The number of amides is 1. The van der Waals surface area contributed by atoms with Gasteiger partial charge >= 0.3 is 6.09 Å². The minimum atomic E-state index is -0.954. The fraction of sp³-hybridized carbons (Fsp3) is 0.562. The van der Waals surface area contributed by atoms with Crippen LogP contribution in [0.5, 0.6) is 5.75 Å². The molecule has 0 unspecified atom stereocenters. The average Bonchev–Trinajstić information content (AvgIpc) is 2.41. The Labute approximate surface area is 128 Å². The van der Waals surface area contributed by atoms with E-state index < -0.39 is 23.0 Å². The van der Waals surface area contributed by atoms with Gasteiger partial charge in [0.2, 0.25) is 0 Å². The average molecular weight is 313 g/mol. The second kappa shape index (κ2) is 6.10. The Kier molecular flexibility index (Phi) is 4.58. The van der Waals surface area contributed by atoms with E-state index >= 15 is 0 Å². The van der Waals surface area contributed by atoms with Crippen LogP contribution in [0.3, 0.4) is 0 Å². The zero-order chi connectivity index (χ0) is 16.5. The minimum absolute atomic E-state index is 0.177. The maximum absolute atomic E-state index is 13.4. The molecular formula is C16H21F2NO3. The third-order valence-electron chi connectivity index (χ3n) is 3.64. The fourth-order valence-electron chi connectivity index (χ4n) is 2.60. The van der Waals surface area contributed by atoms with Crippen LogP contribution in [0.1, 0.15) is 45.1 Å². The molecule has 1 N–H and O–H groups in total. The predicted molar refractivity (Wildman–Crippen MR) is 77.8 cm³/mol. The lowest BCUT2D eigenvalue weighted by Gasteiger charge is -2.33. The second-order valence-electron chi connectivity index (χ2n) is 6.57. The van der Waals surface area contributed by atoms with E-state index in [9.17, 15) is 18.7 Å². The molecule has 1 fully saturated rings. The standard InChI is InChI=1S/C16H21F2NO3/c1-16(2,3)22-15(21)19-6-4-10(5-7-19)12-8-11(17)9-13(18)14(12)20/h8-10,20H,4-7H2,1-3H3. The zero-order valence-corrected chi connectivity index (χ0v) is 13.0. The van der Waals surface area contributed by atoms with Crippen LogP contribution >= 0.6 is 0 Å². The number of ether oxygens (including phenoxy) is 1. The van der Waals surface area contributed by atoms with E-state index in [1.165, 1.54) is 0 Å². The number of carbonyl (C=O) groups excluding carboxylic acids is 1. The normalized spacial score (nSPS) is 16.7. The van der Waals surface area contributed by atoms with Gasteiger partial charge < -0.3 is 14.7 Å². The van der Waals surface area contributed by atoms with Gasteiger partial charge in [-0.1, -0.05) is 0 Å². The van der Waals surface area contributed by atoms with Gasteiger partial charge in [-0.2, -0.15) is 0 Å². The van der Waals surface area contributed by atoms with Crippen LogP contribution in [0.4, 0.5) is 13.6 Å². The van der Waals surface area contributed by atoms with Crippen molar-refractivity contribution in [2.24, 2.45) is 0 Å². The minimum Gasteiger partial charge on any atom is -0.505 e. The molecular weight excluding hydrogens is 292 g/mol. The van der Waals surface area contributed by atoms with Crippen LogP contribution in [0.2, 0.25) is 0 Å². The maximum atomic E-state index is 13.4. The van der Waals surface area contributed by atoms with Crippen molar-refractivity contribution in [3.05, 3.63) is 29.3 Å². The summed E-state index contributed by atoms with van der Waals surface area (Å²) in [6, 6.07) is 1.82. The van der Waals surface area contributed by atoms with E-state index in [0.29, 0.717) is 32.0 Å². The van der Waals surface area contributed by atoms with Gasteiger partial charge in [-0.15, -0.1) is 0 Å². The van der Waals surface area contributed by atoms with E-state index in [-0.39, 0.29) is 17.6 Å². The van der Waals surface area contributed by atoms with Gasteiger partial charge in [0.25, 0.3) is 0 Å². The zero-order valence-electron chi connectivity index (χ0n) is 13.0. The Bertz CT molecular complexity index is 561. The first kappa shape index (κ1) is 16.5. The Balaban J connectivity index is 2.02. The van der Waals surface area contributed by atoms with Crippen molar-refractivity contribution in [2.45, 2.75) is 45.1 Å². The molecule has 1 aromatic carbocycles. The van der Waals surface area contributed by atoms with E-state index in [4.69, 9.17) is 4.74 Å². The van der Waals surface area contributed by atoms with Gasteiger partial charge in [-0.05, 0) is 45.6 Å². The van der Waals surface area contributed by atoms with Crippen molar-refractivity contribution in [3.63, 3.8) is 0 Å². The van der Waals surface area contributed by atoms with Gasteiger partial charge in [0.05, 0.1) is 0 Å². The summed E-state index contributed by atoms with van der Waals surface area (Å²) in [5.74, 6) is -2.34. The van der Waals surface area contributed by atoms with Crippen molar-refractivity contribution in [3.8, 4) is 5.75 Å². The summed E-state index contributed by atoms with van der Waals surface area (Å²) in [6.45, 7) is 6.25. The smallest absolute Gasteiger partial charge is 0.410 e. The van der Waals surface area contributed by atoms with Crippen LogP contribution in [-0.4, -0.2) is 34.8 Å². The largest absolute Gasteiger partial charge is 0.505 e. The van der Waals surface area contributed by atoms with E-state index in [0.717, 1.165) is 6.07 Å². The number of benzene rings is 1. The molecule has 0 aliphatic carbocycles. The number of phenolic OH excluding ortho intramolecular Hbond substituents is 1. The van der Waals surface area contributed by atoms with Crippen LogP contribution in [0.15, 0.2) is 12.1 Å². The first-order valence-electron chi connectivity index (χ1n) is 7.33. The summed E-state index contributed by atoms with van der Waals surface area (Å²) in [6.07, 6.45) is 0.659. The summed E-state index contributed by atoms with van der Waals surface area (Å²) in [5, 5.41) is 9.76. The molecule has 1 aliphatic heterocycles. The number of carbonyl (C=O) groups is 1. The number of likely N-dealkylation sites (tertiary alicyclic amines) is 1. The third-order valence-corrected chi connectivity index (χ3v) is 3.64. The maximum Gasteiger partial charge on any atom is 0.410 e. The molecule has 122 valence electrons. The van der Waals surface area contributed by atoms with Gasteiger partial charge in [0.1, 0.15) is 11.4 Å². The number of hydrogen-bond acceptors (Lipinski definition) is 3. The highest BCUT2D eigenvalue weighted by molar-refractivity contribution is 5.68. The second-order valence-corrected chi connectivity index (χ2v) is 6.57. The molecule has 0 spiro atoms. The van der Waals surface area contributed by atoms with Crippen LogP contribution in [0, 0.1) is 11.6 Å². The van der Waals surface area contributed by atoms with Crippen molar-refractivity contribution >= 4 is 6.09 Å². The highest BCUT2D eigenvalue weighted by Crippen LogP contribution is 2.36. The van der Waals surface area contributed by atoms with Crippen molar-refractivity contribution in [2.75, 3.05) is 13.1 Å². The number of nitrogens with zero attached hydrogens (tertiary/aromatic N) is 1. The molecule has 1 heterocycles. The monoisotopic (exact) mass is 313 g/mol. The lowest BCUT2D eigenvalue weighted by Crippen LogP contribution is -2.41. The quantitative estimate of drug-likeness (QED) is 0.858. The first-order chi connectivity index (χ1) is 10.2. The lowest BCUT2D eigenvalue weighted by atomic mass is 9.88. The summed E-state index contributed by atoms with van der Waals surface area (Å²) in [4.78, 5) is 13.5. The number of phenols is 1. The molecule has 1 saturated heterocycles. The topological polar surface area (TPSA) is 49.8 Å². The van der Waals surface area contributed by atoms with Gasteiger partial charge in [0, 0.05) is 24.7 Å². The fourth-order valence-corrected chi connectivity index (χ4v) is 2.60. The van der Waals surface area contributed by atoms with Crippen LogP contribution in [-0.2, 0) is 4.74 Å². The van der Waals surface area contributed by atoms with Gasteiger partial charge in [-0.3, -0.25) is 0 Å². The number of piperidine rings is 1. The molecule has 1 aromatic rings. The van der Waals surface area contributed by atoms with Crippen molar-refractivity contribution in [1.29, 1.82) is 0 Å². The predicted octanol–water partition coefficient (Wildman–Crippen LogP) is 3.78. The molecule has 0 bridgehead atoms. The Morgan fingerprint density at radius 3 is 2.41 bits per heavy atom. The van der Waals surface area contributed by atoms with Crippen LogP contribution in [0.25, 0.3) is 0 Å². The number of halogens is 2. The Hall–Kier alpha value is -1.85. The van der Waals surface area contributed by atoms with E-state index in [2.05, 4.69) is 0 Å². The number of rotatable bonds is 1. The molecule has 1 aliphatic rings. The van der Waals surface area contributed by atoms with E-state index in [1.54, 1.807) is 25.7 Å². The highest BCUT2D eigenvalue weighted by atomic mass is 19.1. The van der Waals surface area contributed by atoms with Gasteiger partial charge in [0.15, 0.2) is 11.6 Å². The SMILES string of the molecule is CC(C)(C)OC(=O)N1CCC(c2cc(F)cc(F)c2O)CC1. The third kappa shape index (κ3) is 3.87. The van der Waals surface area contributed by atoms with Crippen molar-refractivity contribution < 1.29 is 23.4 Å². The van der Waals surface area contributed by atoms with Crippen molar-refractivity contribution in [1.82, 2.24) is 4.90 Å². The molecule has 4 nitrogen and oxygen atoms in total. The van der Waals surface area contributed by atoms with Gasteiger partial charge in [-0.25, -0.2) is 13.6 Å². The lowest BCUT2D eigenvalue weighted by molar-refractivity contribution is 0.0204. The molecule has 0 saturated carbocycles. The molecule has 0 radical (unpaired) electrons. The number of hydrogen-bond donors (Lipinski definition) is 1. The highest BCUT2D eigenvalue weighted by Gasteiger charge is 2.29. The Morgan fingerprint density at radius 2 is 1.86 bits per heavy atom. The summed E-state index contributed by atoms with van der Waals surface area (Å²) in [5.41, 5.74) is -0.293. The molecule has 6 heteroatoms. The first-order valence-corrected chi connectivity index (χ1v) is 7.33. The molecule has 0 aromatic heterocycles. The summed E-state index contributed by atoms with van der Waals surface area (Å²) < 4.78 is 32.0. The number of aromatic hydroxyl groups is 1. The van der Waals surface area contributed by atoms with Crippen LogP contribution < -0.4 is 0 Å². The summed E-state index contributed by atoms with van der Waals surface area (Å²) in [7, 11) is 0. The van der Waals surface area contributed by atoms with E-state index in [1.807, 2.05) is 0 Å². The summed E-state index contributed by atoms with van der Waals surface area (Å²) >= 11 is 0. The molecule has 22 heavy (non-hydrogen) atoms. The molecule has 0 atom stereocenters. The Morgan fingerprint density at radius 1 is 1.27 bits per heavy atom. The molecule has 2 rings (SSSR count). The molecule has 1 amide bonds.